The number of benzene rings is 1. The third-order valence-electron chi connectivity index (χ3n) is 3.74. The largest absolute Gasteiger partial charge is 0.462 e. The van der Waals surface area contributed by atoms with Crippen molar-refractivity contribution in [2.75, 3.05) is 11.9 Å². The molecule has 0 bridgehead atoms. The van der Waals surface area contributed by atoms with Crippen LogP contribution in [0.5, 0.6) is 0 Å². The van der Waals surface area contributed by atoms with Gasteiger partial charge in [0.25, 0.3) is 5.91 Å². The van der Waals surface area contributed by atoms with E-state index in [0.717, 1.165) is 11.3 Å². The number of aryl methyl sites for hydroxylation is 1. The van der Waals surface area contributed by atoms with Crippen molar-refractivity contribution in [1.82, 2.24) is 9.55 Å². The van der Waals surface area contributed by atoms with E-state index in [2.05, 4.69) is 10.3 Å². The lowest BCUT2D eigenvalue weighted by Crippen LogP contribution is -2.21. The van der Waals surface area contributed by atoms with Crippen LogP contribution in [-0.4, -0.2) is 28.0 Å². The first-order valence-electron chi connectivity index (χ1n) is 7.74. The van der Waals surface area contributed by atoms with Crippen molar-refractivity contribution in [2.45, 2.75) is 6.92 Å². The molecular weight excluding hydrogens is 356 g/mol. The Kier molecular flexibility index (Phi) is 4.72. The van der Waals surface area contributed by atoms with Gasteiger partial charge < -0.3 is 20.4 Å². The minimum absolute atomic E-state index is 0.124. The zero-order valence-electron chi connectivity index (χ0n) is 14.1. The molecule has 3 rings (SSSR count). The summed E-state index contributed by atoms with van der Waals surface area (Å²) in [6.07, 6.45) is 1.44. The quantitative estimate of drug-likeness (QED) is 0.662. The summed E-state index contributed by atoms with van der Waals surface area (Å²) in [5.41, 5.74) is 6.37. The fourth-order valence-corrected chi connectivity index (χ4v) is 3.24. The minimum Gasteiger partial charge on any atom is -0.462 e. The molecule has 2 heterocycles. The van der Waals surface area contributed by atoms with Crippen molar-refractivity contribution in [1.29, 1.82) is 0 Å². The number of nitrogens with zero attached hydrogens (tertiary/aromatic N) is 2. The van der Waals surface area contributed by atoms with Crippen LogP contribution in [0.3, 0.4) is 0 Å². The van der Waals surface area contributed by atoms with E-state index in [9.17, 15) is 14.4 Å². The van der Waals surface area contributed by atoms with Crippen molar-refractivity contribution >= 4 is 44.9 Å². The normalized spacial score (nSPS) is 10.7. The van der Waals surface area contributed by atoms with Crippen LogP contribution in [0, 0.1) is 0 Å². The molecule has 0 spiro atoms. The van der Waals surface area contributed by atoms with Gasteiger partial charge in [-0.25, -0.2) is 9.78 Å². The summed E-state index contributed by atoms with van der Waals surface area (Å²) in [4.78, 5) is 39.9. The van der Waals surface area contributed by atoms with Gasteiger partial charge in [0.15, 0.2) is 10.6 Å². The van der Waals surface area contributed by atoms with Gasteiger partial charge in [0.2, 0.25) is 0 Å². The molecule has 0 saturated carbocycles. The van der Waals surface area contributed by atoms with Crippen molar-refractivity contribution in [2.24, 2.45) is 12.8 Å². The summed E-state index contributed by atoms with van der Waals surface area (Å²) in [6.45, 7) is 2.03. The second-order valence-electron chi connectivity index (χ2n) is 5.42. The molecule has 134 valence electrons. The predicted molar refractivity (Wildman–Crippen MR) is 99.1 cm³/mol. The average molecular weight is 372 g/mol. The molecule has 0 fully saturated rings. The summed E-state index contributed by atoms with van der Waals surface area (Å²) in [5, 5.41) is 4.05. The van der Waals surface area contributed by atoms with Crippen molar-refractivity contribution in [3.05, 3.63) is 51.3 Å². The molecule has 1 amide bonds. The first-order chi connectivity index (χ1) is 12.4. The Morgan fingerprint density at radius 3 is 2.81 bits per heavy atom. The third kappa shape index (κ3) is 3.29. The molecule has 26 heavy (non-hydrogen) atoms. The molecule has 0 aliphatic rings. The van der Waals surface area contributed by atoms with Crippen LogP contribution in [-0.2, 0) is 11.8 Å². The van der Waals surface area contributed by atoms with E-state index in [1.54, 1.807) is 36.7 Å². The summed E-state index contributed by atoms with van der Waals surface area (Å²) in [5.74, 6) is -1.10. The number of esters is 1. The number of primary amides is 1. The Hall–Kier alpha value is -3.20. The molecule has 0 aliphatic carbocycles. The minimum atomic E-state index is -0.677. The summed E-state index contributed by atoms with van der Waals surface area (Å²) in [6, 6.07) is 6.32. The van der Waals surface area contributed by atoms with Crippen LogP contribution in [0.2, 0.25) is 0 Å². The van der Waals surface area contributed by atoms with Gasteiger partial charge in [0, 0.05) is 24.2 Å². The van der Waals surface area contributed by atoms with E-state index in [1.165, 1.54) is 12.3 Å². The van der Waals surface area contributed by atoms with Crippen LogP contribution in [0.15, 0.2) is 35.3 Å². The number of nitrogens with one attached hydrogen (secondary N) is 1. The Morgan fingerprint density at radius 2 is 2.12 bits per heavy atom. The maximum atomic E-state index is 12.2. The molecule has 0 atom stereocenters. The monoisotopic (exact) mass is 372 g/mol. The molecule has 9 heteroatoms. The lowest BCUT2D eigenvalue weighted by Gasteiger charge is -2.11. The van der Waals surface area contributed by atoms with Gasteiger partial charge in [-0.1, -0.05) is 11.3 Å². The number of amides is 1. The second-order valence-corrected chi connectivity index (χ2v) is 6.45. The van der Waals surface area contributed by atoms with Gasteiger partial charge in [-0.15, -0.1) is 0 Å². The first kappa shape index (κ1) is 17.6. The SMILES string of the molecule is CCOC(=O)c1cnc(Nc2ccc3c(=O)cc(C(N)=O)n(C)c3c2)s1. The van der Waals surface area contributed by atoms with Crippen LogP contribution in [0.1, 0.15) is 27.1 Å². The fourth-order valence-electron chi connectivity index (χ4n) is 2.51. The van der Waals surface area contributed by atoms with E-state index in [1.807, 2.05) is 0 Å². The Bertz CT molecular complexity index is 1070. The standard InChI is InChI=1S/C17H16N4O4S/c1-3-25-16(24)14-8-19-17(26-14)20-9-4-5-10-11(6-9)21(2)12(15(18)23)7-13(10)22/h4-8H,3H2,1-2H3,(H2,18,23)(H,19,20). The third-order valence-corrected chi connectivity index (χ3v) is 4.63. The first-order valence-corrected chi connectivity index (χ1v) is 8.56. The number of fused-ring (bicyclic) bond motifs is 1. The number of rotatable bonds is 5. The molecule has 0 saturated heterocycles. The average Bonchev–Trinajstić information content (AvgIpc) is 3.06. The zero-order valence-corrected chi connectivity index (χ0v) is 14.9. The molecule has 1 aromatic carbocycles. The predicted octanol–water partition coefficient (Wildman–Crippen LogP) is 2.01. The zero-order chi connectivity index (χ0) is 18.8. The molecule has 0 aliphatic heterocycles. The van der Waals surface area contributed by atoms with Gasteiger partial charge in [-0.05, 0) is 25.1 Å². The van der Waals surface area contributed by atoms with Gasteiger partial charge in [0.1, 0.15) is 10.6 Å². The van der Waals surface area contributed by atoms with E-state index in [-0.39, 0.29) is 11.1 Å². The Labute approximate surface area is 152 Å². The van der Waals surface area contributed by atoms with E-state index in [4.69, 9.17) is 10.5 Å². The Morgan fingerprint density at radius 1 is 1.35 bits per heavy atom. The highest BCUT2D eigenvalue weighted by Crippen LogP contribution is 2.25. The van der Waals surface area contributed by atoms with Crippen molar-refractivity contribution in [3.63, 3.8) is 0 Å². The van der Waals surface area contributed by atoms with Crippen LogP contribution in [0.25, 0.3) is 10.9 Å². The molecular formula is C17H16N4O4S. The summed E-state index contributed by atoms with van der Waals surface area (Å²) in [7, 11) is 1.66. The maximum absolute atomic E-state index is 12.2. The van der Waals surface area contributed by atoms with E-state index < -0.39 is 11.9 Å². The summed E-state index contributed by atoms with van der Waals surface area (Å²) >= 11 is 1.16. The van der Waals surface area contributed by atoms with Gasteiger partial charge >= 0.3 is 5.97 Å². The number of carbonyl (C=O) groups excluding carboxylic acids is 2. The molecule has 0 unspecified atom stereocenters. The number of nitrogens with two attached hydrogens (primary N) is 1. The van der Waals surface area contributed by atoms with Crippen LogP contribution in [0.4, 0.5) is 10.8 Å². The lowest BCUT2D eigenvalue weighted by molar-refractivity contribution is 0.0531. The highest BCUT2D eigenvalue weighted by molar-refractivity contribution is 7.17. The molecule has 3 N–H and O–H groups in total. The molecule has 2 aromatic heterocycles. The number of aromatic nitrogens is 2. The second kappa shape index (κ2) is 6.96. The lowest BCUT2D eigenvalue weighted by atomic mass is 10.1. The molecule has 8 nitrogen and oxygen atoms in total. The van der Waals surface area contributed by atoms with Crippen LogP contribution >= 0.6 is 11.3 Å². The number of carbonyl (C=O) groups is 2. The van der Waals surface area contributed by atoms with E-state index in [0.29, 0.717) is 33.2 Å². The number of ether oxygens (including phenoxy) is 1. The number of hydrogen-bond donors (Lipinski definition) is 2. The number of thiazole rings is 1. The van der Waals surface area contributed by atoms with Gasteiger partial charge in [-0.2, -0.15) is 0 Å². The molecule has 3 aromatic rings. The maximum Gasteiger partial charge on any atom is 0.350 e. The topological polar surface area (TPSA) is 116 Å². The Balaban J connectivity index is 1.97. The smallest absolute Gasteiger partial charge is 0.350 e. The molecule has 0 radical (unpaired) electrons. The van der Waals surface area contributed by atoms with E-state index >= 15 is 0 Å². The fraction of sp³-hybridized carbons (Fsp3) is 0.176. The van der Waals surface area contributed by atoms with Gasteiger partial charge in [-0.3, -0.25) is 9.59 Å². The van der Waals surface area contributed by atoms with Gasteiger partial charge in [0.05, 0.1) is 18.3 Å². The van der Waals surface area contributed by atoms with Crippen LogP contribution < -0.4 is 16.5 Å². The van der Waals surface area contributed by atoms with Crippen molar-refractivity contribution in [3.8, 4) is 0 Å². The number of hydrogen-bond acceptors (Lipinski definition) is 7. The van der Waals surface area contributed by atoms with Crippen molar-refractivity contribution < 1.29 is 14.3 Å². The number of anilines is 2. The summed E-state index contributed by atoms with van der Waals surface area (Å²) < 4.78 is 6.50. The highest BCUT2D eigenvalue weighted by atomic mass is 32.1. The highest BCUT2D eigenvalue weighted by Gasteiger charge is 2.13. The number of pyridine rings is 1.